The van der Waals surface area contributed by atoms with Crippen LogP contribution in [0, 0.1) is 0 Å². The Morgan fingerprint density at radius 3 is 1.69 bits per heavy atom. The molecule has 4 heterocycles. The highest BCUT2D eigenvalue weighted by molar-refractivity contribution is 6.27. The van der Waals surface area contributed by atoms with Gasteiger partial charge in [0.1, 0.15) is 0 Å². The van der Waals surface area contributed by atoms with Crippen molar-refractivity contribution in [1.82, 2.24) is 19.9 Å². The Morgan fingerprint density at radius 1 is 0.519 bits per heavy atom. The first-order valence-corrected chi connectivity index (χ1v) is 25.7. The first-order chi connectivity index (χ1) is 37.8. The molecule has 0 aliphatic rings. The van der Waals surface area contributed by atoms with Crippen LogP contribution in [-0.4, -0.2) is 32.4 Å². The molecule has 6 nitrogen and oxygen atoms in total. The molecule has 0 spiro atoms. The summed E-state index contributed by atoms with van der Waals surface area (Å²) in [5.41, 5.74) is 15.6. The first-order valence-electron chi connectivity index (χ1n) is 25.7. The minimum absolute atomic E-state index is 0.796. The number of benzene rings is 7. The Labute approximate surface area is 453 Å². The van der Waals surface area contributed by atoms with Crippen LogP contribution in [-0.2, 0) is 0 Å². The Kier molecular flexibility index (Phi) is 18.7. The molecule has 0 bridgehead atoms. The fourth-order valence-corrected chi connectivity index (χ4v) is 9.11. The Balaban J connectivity index is 0.000000239. The fourth-order valence-electron chi connectivity index (χ4n) is 9.11. The number of hydrogen-bond acceptors (Lipinski definition) is 6. The van der Waals surface area contributed by atoms with Crippen molar-refractivity contribution in [2.75, 3.05) is 0 Å². The summed E-state index contributed by atoms with van der Waals surface area (Å²) >= 11 is 0. The van der Waals surface area contributed by atoms with Crippen molar-refractivity contribution < 1.29 is 0 Å². The zero-order chi connectivity index (χ0) is 53.8. The SMILES string of the molecule is C/C=C\CC.C=CN=CC(=C)C=C.C=CN=CC/C=C(\C)c1ccccn1.c1cncc(-c2cc(-c3cccnc3)cc(-c3ccc4ccc5c(-c6cccc(-c7ccc8ncccc8c7)c6)ccc6ccc3c4c65)c2)c1. The van der Waals surface area contributed by atoms with Gasteiger partial charge in [-0.05, 0) is 175 Å². The Hall–Kier alpha value is -9.78. The van der Waals surface area contributed by atoms with Gasteiger partial charge in [-0.2, -0.15) is 0 Å². The van der Waals surface area contributed by atoms with Crippen molar-refractivity contribution in [3.05, 3.63) is 275 Å². The molecule has 4 aromatic heterocycles. The van der Waals surface area contributed by atoms with Gasteiger partial charge in [-0.3, -0.25) is 29.9 Å². The molecule has 0 fully saturated rings. The zero-order valence-corrected chi connectivity index (χ0v) is 44.1. The summed E-state index contributed by atoms with van der Waals surface area (Å²) in [5.74, 6) is 0. The minimum Gasteiger partial charge on any atom is -0.269 e. The summed E-state index contributed by atoms with van der Waals surface area (Å²) in [6.07, 6.45) is 27.4. The highest BCUT2D eigenvalue weighted by Crippen LogP contribution is 2.44. The molecule has 6 heteroatoms. The minimum atomic E-state index is 0.796. The van der Waals surface area contributed by atoms with E-state index in [9.17, 15) is 0 Å². The van der Waals surface area contributed by atoms with Gasteiger partial charge >= 0.3 is 0 Å². The Morgan fingerprint density at radius 2 is 1.10 bits per heavy atom. The van der Waals surface area contributed by atoms with Crippen molar-refractivity contribution in [1.29, 1.82) is 0 Å². The van der Waals surface area contributed by atoms with Crippen LogP contribution in [0.4, 0.5) is 0 Å². The predicted molar refractivity (Wildman–Crippen MR) is 333 cm³/mol. The van der Waals surface area contributed by atoms with Crippen LogP contribution in [0.1, 0.15) is 39.3 Å². The van der Waals surface area contributed by atoms with Crippen molar-refractivity contribution in [2.45, 2.75) is 33.6 Å². The summed E-state index contributed by atoms with van der Waals surface area (Å²) in [6.45, 7) is 20.2. The quantitative estimate of drug-likeness (QED) is 0.0499. The lowest BCUT2D eigenvalue weighted by atomic mass is 9.86. The van der Waals surface area contributed by atoms with E-state index < -0.39 is 0 Å². The average Bonchev–Trinajstić information content (AvgIpc) is 3.55. The van der Waals surface area contributed by atoms with Gasteiger partial charge in [0, 0.05) is 84.9 Å². The summed E-state index contributed by atoms with van der Waals surface area (Å²) < 4.78 is 0. The van der Waals surface area contributed by atoms with E-state index in [0.717, 1.165) is 57.3 Å². The molecular weight excluding hydrogens is 937 g/mol. The van der Waals surface area contributed by atoms with Gasteiger partial charge < -0.3 is 0 Å². The molecule has 77 heavy (non-hydrogen) atoms. The normalized spacial score (nSPS) is 11.3. The molecule has 0 unspecified atom stereocenters. The molecule has 11 rings (SSSR count). The molecule has 376 valence electrons. The number of pyridine rings is 4. The van der Waals surface area contributed by atoms with E-state index in [4.69, 9.17) is 0 Å². The maximum Gasteiger partial charge on any atom is 0.0702 e. The zero-order valence-electron chi connectivity index (χ0n) is 44.1. The average molecular weight is 999 g/mol. The largest absolute Gasteiger partial charge is 0.269 e. The van der Waals surface area contributed by atoms with Crippen LogP contribution in [0.2, 0.25) is 0 Å². The highest BCUT2D eigenvalue weighted by Gasteiger charge is 2.17. The number of hydrogen-bond donors (Lipinski definition) is 0. The molecule has 11 aromatic rings. The van der Waals surface area contributed by atoms with Gasteiger partial charge in [0.2, 0.25) is 0 Å². The standard InChI is InChI=1S/C47H29N3.C12H14N2.C7H9N.C5H10/c1-5-32(33-14-19-45-35(24-33)7-4-22-50-45)23-34(6-1)41-15-10-30-13-18-44-42(16-11-31-12-17-43(41)46(30)47(31)44)40-26-38(36-8-2-20-48-28-36)25-39(27-40)37-9-3-21-49-29-37;1-3-13-9-6-7-11(2)12-8-4-5-10-14-12;1-4-7(3)6-8-5-2;1-3-5-4-2/h1-29H;3-5,7-10H,1,6H2,2H3;4-6H,1-3H2;3,5H,4H2,1-2H3/b;11-7+,13-9?;;5-3-. The van der Waals surface area contributed by atoms with E-state index in [2.05, 4.69) is 209 Å². The molecule has 0 atom stereocenters. The molecule has 0 aliphatic heterocycles. The summed E-state index contributed by atoms with van der Waals surface area (Å²) in [7, 11) is 0. The summed E-state index contributed by atoms with van der Waals surface area (Å²) in [5, 5.41) is 8.75. The van der Waals surface area contributed by atoms with Crippen LogP contribution in [0.5, 0.6) is 0 Å². The number of rotatable bonds is 13. The molecule has 7 aromatic carbocycles. The van der Waals surface area contributed by atoms with Crippen LogP contribution < -0.4 is 0 Å². The van der Waals surface area contributed by atoms with Gasteiger partial charge in [0.05, 0.1) is 11.2 Å². The third kappa shape index (κ3) is 13.5. The van der Waals surface area contributed by atoms with Crippen LogP contribution in [0.25, 0.3) is 104 Å². The number of allylic oxidation sites excluding steroid dienone is 6. The second-order valence-corrected chi connectivity index (χ2v) is 18.0. The van der Waals surface area contributed by atoms with Gasteiger partial charge in [0.15, 0.2) is 0 Å². The van der Waals surface area contributed by atoms with Crippen LogP contribution in [0.15, 0.2) is 280 Å². The van der Waals surface area contributed by atoms with E-state index in [1.165, 1.54) is 83.7 Å². The van der Waals surface area contributed by atoms with Crippen molar-refractivity contribution in [3.63, 3.8) is 0 Å². The first kappa shape index (κ1) is 53.5. The monoisotopic (exact) mass is 999 g/mol. The number of aliphatic imine (C=N–C) groups is 2. The van der Waals surface area contributed by atoms with Gasteiger partial charge in [-0.1, -0.05) is 155 Å². The van der Waals surface area contributed by atoms with Crippen molar-refractivity contribution in [2.24, 2.45) is 9.98 Å². The lowest BCUT2D eigenvalue weighted by Crippen LogP contribution is -1.91. The summed E-state index contributed by atoms with van der Waals surface area (Å²) in [4.78, 5) is 25.2. The maximum absolute atomic E-state index is 4.51. The lowest BCUT2D eigenvalue weighted by Gasteiger charge is -2.18. The molecule has 0 saturated heterocycles. The van der Waals surface area contributed by atoms with E-state index in [0.29, 0.717) is 0 Å². The van der Waals surface area contributed by atoms with E-state index >= 15 is 0 Å². The smallest absolute Gasteiger partial charge is 0.0702 e. The maximum atomic E-state index is 4.51. The third-order valence-electron chi connectivity index (χ3n) is 12.9. The number of nitrogens with zero attached hydrogens (tertiary/aromatic N) is 6. The number of fused-ring (bicyclic) bond motifs is 1. The Bertz CT molecular complexity index is 3850. The van der Waals surface area contributed by atoms with Crippen molar-refractivity contribution >= 4 is 61.2 Å². The molecule has 0 radical (unpaired) electrons. The lowest BCUT2D eigenvalue weighted by molar-refractivity contribution is 1.22. The van der Waals surface area contributed by atoms with E-state index in [1.807, 2.05) is 87.4 Å². The molecule has 0 N–H and O–H groups in total. The van der Waals surface area contributed by atoms with E-state index in [-0.39, 0.29) is 0 Å². The summed E-state index contributed by atoms with van der Waals surface area (Å²) in [6, 6.07) is 58.8. The molecule has 0 amide bonds. The number of aromatic nitrogens is 4. The molecular formula is C71H62N6. The predicted octanol–water partition coefficient (Wildman–Crippen LogP) is 19.3. The third-order valence-corrected chi connectivity index (χ3v) is 12.9. The topological polar surface area (TPSA) is 76.3 Å². The molecule has 0 saturated carbocycles. The second-order valence-electron chi connectivity index (χ2n) is 18.0. The molecule has 0 aliphatic carbocycles. The van der Waals surface area contributed by atoms with Gasteiger partial charge in [-0.25, -0.2) is 0 Å². The van der Waals surface area contributed by atoms with Crippen LogP contribution in [0.3, 0.4) is 0 Å². The second kappa shape index (κ2) is 27.0. The van der Waals surface area contributed by atoms with Crippen molar-refractivity contribution in [3.8, 4) is 55.6 Å². The highest BCUT2D eigenvalue weighted by atomic mass is 14.7. The fraction of sp³-hybridized carbons (Fsp3) is 0.0704. The van der Waals surface area contributed by atoms with Gasteiger partial charge in [0.25, 0.3) is 0 Å². The van der Waals surface area contributed by atoms with Gasteiger partial charge in [-0.15, -0.1) is 0 Å². The van der Waals surface area contributed by atoms with E-state index in [1.54, 1.807) is 18.5 Å². The van der Waals surface area contributed by atoms with Crippen LogP contribution >= 0.6 is 0 Å².